The van der Waals surface area contributed by atoms with Gasteiger partial charge in [0.25, 0.3) is 0 Å². The van der Waals surface area contributed by atoms with Crippen molar-refractivity contribution in [2.24, 2.45) is 0 Å². The third kappa shape index (κ3) is 6.63. The number of aryl methyl sites for hydroxylation is 1. The van der Waals surface area contributed by atoms with Crippen LogP contribution in [0.15, 0.2) is 42.5 Å². The van der Waals surface area contributed by atoms with E-state index in [0.717, 1.165) is 29.2 Å². The number of hydrogen-bond acceptors (Lipinski definition) is 3. The van der Waals surface area contributed by atoms with Gasteiger partial charge in [0, 0.05) is 15.7 Å². The fourth-order valence-corrected chi connectivity index (χ4v) is 3.08. The molecule has 0 aliphatic rings. The number of thioether (sulfide) groups is 1. The number of ether oxygens (including phenoxy) is 1. The maximum Gasteiger partial charge on any atom is 0.234 e. The molecule has 3 nitrogen and oxygen atoms in total. The largest absolute Gasteiger partial charge is 0.494 e. The van der Waals surface area contributed by atoms with Crippen molar-refractivity contribution in [1.29, 1.82) is 0 Å². The van der Waals surface area contributed by atoms with Crippen LogP contribution >= 0.6 is 35.0 Å². The van der Waals surface area contributed by atoms with Gasteiger partial charge in [-0.3, -0.25) is 4.79 Å². The molecule has 0 heterocycles. The van der Waals surface area contributed by atoms with E-state index >= 15 is 0 Å². The SMILES string of the molecule is Cc1cc(Cl)ccc1NC(=O)CSCCCOc1ccc(Cl)cc1. The minimum atomic E-state index is -0.0101. The number of carbonyl (C=O) groups excluding carboxylic acids is 1. The summed E-state index contributed by atoms with van der Waals surface area (Å²) in [6.07, 6.45) is 0.876. The smallest absolute Gasteiger partial charge is 0.234 e. The molecular formula is C18H19Cl2NO2S. The summed E-state index contributed by atoms with van der Waals surface area (Å²) < 4.78 is 5.61. The highest BCUT2D eigenvalue weighted by atomic mass is 35.5. The Balaban J connectivity index is 1.60. The Morgan fingerprint density at radius 1 is 1.12 bits per heavy atom. The first kappa shape index (κ1) is 19.0. The van der Waals surface area contributed by atoms with Gasteiger partial charge < -0.3 is 10.1 Å². The average Bonchev–Trinajstić information content (AvgIpc) is 2.55. The Kier molecular flexibility index (Phi) is 7.76. The molecule has 0 unspecified atom stereocenters. The van der Waals surface area contributed by atoms with Crippen molar-refractivity contribution in [1.82, 2.24) is 0 Å². The van der Waals surface area contributed by atoms with E-state index in [4.69, 9.17) is 27.9 Å². The van der Waals surface area contributed by atoms with Crippen LogP contribution in [-0.4, -0.2) is 24.0 Å². The third-order valence-electron chi connectivity index (χ3n) is 3.21. The number of benzene rings is 2. The summed E-state index contributed by atoms with van der Waals surface area (Å²) in [6.45, 7) is 2.54. The number of nitrogens with one attached hydrogen (secondary N) is 1. The minimum absolute atomic E-state index is 0.0101. The maximum absolute atomic E-state index is 11.9. The van der Waals surface area contributed by atoms with E-state index in [2.05, 4.69) is 5.32 Å². The van der Waals surface area contributed by atoms with E-state index in [1.807, 2.05) is 31.2 Å². The summed E-state index contributed by atoms with van der Waals surface area (Å²) in [5, 5.41) is 4.26. The second-order valence-electron chi connectivity index (χ2n) is 5.22. The van der Waals surface area contributed by atoms with Gasteiger partial charge in [-0.05, 0) is 67.1 Å². The first-order chi connectivity index (χ1) is 11.5. The van der Waals surface area contributed by atoms with Crippen LogP contribution < -0.4 is 10.1 Å². The van der Waals surface area contributed by atoms with Gasteiger partial charge in [0.2, 0.25) is 5.91 Å². The van der Waals surface area contributed by atoms with Crippen LogP contribution in [0.3, 0.4) is 0 Å². The van der Waals surface area contributed by atoms with Gasteiger partial charge >= 0.3 is 0 Å². The van der Waals surface area contributed by atoms with Gasteiger partial charge in [0.05, 0.1) is 12.4 Å². The number of hydrogen-bond donors (Lipinski definition) is 1. The number of anilines is 1. The van der Waals surface area contributed by atoms with Crippen molar-refractivity contribution >= 4 is 46.6 Å². The Morgan fingerprint density at radius 2 is 1.83 bits per heavy atom. The van der Waals surface area contributed by atoms with Gasteiger partial charge in [-0.1, -0.05) is 23.2 Å². The fourth-order valence-electron chi connectivity index (χ4n) is 2.00. The van der Waals surface area contributed by atoms with Gasteiger partial charge in [-0.2, -0.15) is 11.8 Å². The highest BCUT2D eigenvalue weighted by Gasteiger charge is 2.05. The Bertz CT molecular complexity index is 677. The molecule has 2 aromatic rings. The topological polar surface area (TPSA) is 38.3 Å². The molecule has 0 aliphatic heterocycles. The summed E-state index contributed by atoms with van der Waals surface area (Å²) in [6, 6.07) is 12.7. The van der Waals surface area contributed by atoms with Crippen LogP contribution in [0.2, 0.25) is 10.0 Å². The van der Waals surface area contributed by atoms with Crippen LogP contribution in [-0.2, 0) is 4.79 Å². The molecule has 1 amide bonds. The molecule has 0 radical (unpaired) electrons. The molecule has 0 saturated carbocycles. The van der Waals surface area contributed by atoms with Crippen molar-refractivity contribution in [2.75, 3.05) is 23.4 Å². The molecule has 1 N–H and O–H groups in total. The maximum atomic E-state index is 11.9. The lowest BCUT2D eigenvalue weighted by atomic mass is 10.2. The zero-order valence-corrected chi connectivity index (χ0v) is 15.7. The molecule has 24 heavy (non-hydrogen) atoms. The predicted octanol–water partition coefficient (Wildman–Crippen LogP) is 5.44. The van der Waals surface area contributed by atoms with Crippen LogP contribution in [0, 0.1) is 6.92 Å². The molecular weight excluding hydrogens is 365 g/mol. The fraction of sp³-hybridized carbons (Fsp3) is 0.278. The Labute approximate surface area is 156 Å². The number of halogens is 2. The standard InChI is InChI=1S/C18H19Cl2NO2S/c1-13-11-15(20)5-8-17(13)21-18(22)12-24-10-2-9-23-16-6-3-14(19)4-7-16/h3-8,11H,2,9-10,12H2,1H3,(H,21,22). The zero-order chi connectivity index (χ0) is 17.4. The summed E-state index contributed by atoms with van der Waals surface area (Å²) >= 11 is 13.3. The van der Waals surface area contributed by atoms with Crippen LogP contribution in [0.5, 0.6) is 5.75 Å². The second-order valence-corrected chi connectivity index (χ2v) is 7.19. The Hall–Kier alpha value is -1.36. The highest BCUT2D eigenvalue weighted by molar-refractivity contribution is 7.99. The predicted molar refractivity (Wildman–Crippen MR) is 104 cm³/mol. The molecule has 0 aromatic heterocycles. The van der Waals surface area contributed by atoms with Crippen molar-refractivity contribution in [2.45, 2.75) is 13.3 Å². The molecule has 0 atom stereocenters. The summed E-state index contributed by atoms with van der Waals surface area (Å²) in [4.78, 5) is 11.9. The highest BCUT2D eigenvalue weighted by Crippen LogP contribution is 2.20. The molecule has 0 saturated heterocycles. The molecule has 128 valence electrons. The van der Waals surface area contributed by atoms with Crippen LogP contribution in [0.4, 0.5) is 5.69 Å². The van der Waals surface area contributed by atoms with E-state index in [1.165, 1.54) is 0 Å². The van der Waals surface area contributed by atoms with Gasteiger partial charge in [-0.25, -0.2) is 0 Å². The van der Waals surface area contributed by atoms with Crippen molar-refractivity contribution in [3.8, 4) is 5.75 Å². The molecule has 2 rings (SSSR count). The number of amides is 1. The van der Waals surface area contributed by atoms with Gasteiger partial charge in [-0.15, -0.1) is 0 Å². The summed E-state index contributed by atoms with van der Waals surface area (Å²) in [7, 11) is 0. The van der Waals surface area contributed by atoms with Crippen LogP contribution in [0.1, 0.15) is 12.0 Å². The first-order valence-electron chi connectivity index (χ1n) is 7.57. The van der Waals surface area contributed by atoms with Crippen molar-refractivity contribution in [3.63, 3.8) is 0 Å². The van der Waals surface area contributed by atoms with Crippen molar-refractivity contribution in [3.05, 3.63) is 58.1 Å². The lowest BCUT2D eigenvalue weighted by molar-refractivity contribution is -0.113. The number of carbonyl (C=O) groups is 1. The molecule has 0 aliphatic carbocycles. The van der Waals surface area contributed by atoms with E-state index in [-0.39, 0.29) is 5.91 Å². The van der Waals surface area contributed by atoms with Gasteiger partial charge in [0.15, 0.2) is 0 Å². The third-order valence-corrected chi connectivity index (χ3v) is 4.74. The quantitative estimate of drug-likeness (QED) is 0.616. The summed E-state index contributed by atoms with van der Waals surface area (Å²) in [5.41, 5.74) is 1.76. The van der Waals surface area contributed by atoms with Crippen molar-refractivity contribution < 1.29 is 9.53 Å². The lowest BCUT2D eigenvalue weighted by Gasteiger charge is -2.09. The van der Waals surface area contributed by atoms with E-state index in [1.54, 1.807) is 30.0 Å². The molecule has 0 spiro atoms. The van der Waals surface area contributed by atoms with Gasteiger partial charge in [0.1, 0.15) is 5.75 Å². The summed E-state index contributed by atoms with van der Waals surface area (Å²) in [5.74, 6) is 2.08. The molecule has 0 bridgehead atoms. The molecule has 0 fully saturated rings. The van der Waals surface area contributed by atoms with E-state index in [0.29, 0.717) is 22.4 Å². The first-order valence-corrected chi connectivity index (χ1v) is 9.48. The van der Waals surface area contributed by atoms with E-state index < -0.39 is 0 Å². The zero-order valence-electron chi connectivity index (χ0n) is 13.4. The number of rotatable bonds is 8. The average molecular weight is 384 g/mol. The molecule has 2 aromatic carbocycles. The van der Waals surface area contributed by atoms with E-state index in [9.17, 15) is 4.79 Å². The second kappa shape index (κ2) is 9.82. The van der Waals surface area contributed by atoms with Crippen LogP contribution in [0.25, 0.3) is 0 Å². The lowest BCUT2D eigenvalue weighted by Crippen LogP contribution is -2.15. The minimum Gasteiger partial charge on any atom is -0.494 e. The Morgan fingerprint density at radius 3 is 2.54 bits per heavy atom. The molecule has 6 heteroatoms. The monoisotopic (exact) mass is 383 g/mol. The normalized spacial score (nSPS) is 10.5.